The van der Waals surface area contributed by atoms with Gasteiger partial charge in [0.2, 0.25) is 0 Å². The minimum absolute atomic E-state index is 0.0171. The highest BCUT2D eigenvalue weighted by molar-refractivity contribution is 7.80. The number of rotatable bonds is 4. The monoisotopic (exact) mass is 352 g/mol. The van der Waals surface area contributed by atoms with Crippen LogP contribution in [0.2, 0.25) is 0 Å². The van der Waals surface area contributed by atoms with Gasteiger partial charge in [0.05, 0.1) is 5.52 Å². The topological polar surface area (TPSA) is 59.8 Å². The van der Waals surface area contributed by atoms with Gasteiger partial charge in [0.15, 0.2) is 11.8 Å². The van der Waals surface area contributed by atoms with E-state index in [1.165, 1.54) is 0 Å². The Kier molecular flexibility index (Phi) is 4.63. The molecular formula is C19H20N4OS. The van der Waals surface area contributed by atoms with Gasteiger partial charge in [-0.1, -0.05) is 68.5 Å². The molecule has 1 heterocycles. The van der Waals surface area contributed by atoms with Crippen LogP contribution in [-0.4, -0.2) is 25.8 Å². The molecule has 1 atom stereocenters. The first-order valence-corrected chi connectivity index (χ1v) is 8.49. The Morgan fingerprint density at radius 3 is 2.40 bits per heavy atom. The number of nitrogens with one attached hydrogen (secondary N) is 1. The van der Waals surface area contributed by atoms with Gasteiger partial charge in [-0.15, -0.1) is 5.10 Å². The Balaban J connectivity index is 2.04. The van der Waals surface area contributed by atoms with E-state index in [9.17, 15) is 4.79 Å². The Labute approximate surface area is 152 Å². The van der Waals surface area contributed by atoms with Crippen molar-refractivity contribution in [1.82, 2.24) is 15.0 Å². The zero-order chi connectivity index (χ0) is 18.0. The molecule has 3 aromatic rings. The summed E-state index contributed by atoms with van der Waals surface area (Å²) in [6.07, 6.45) is 0. The predicted octanol–water partition coefficient (Wildman–Crippen LogP) is 4.03. The summed E-state index contributed by atoms with van der Waals surface area (Å²) in [4.78, 5) is 13.5. The first-order valence-electron chi connectivity index (χ1n) is 8.08. The van der Waals surface area contributed by atoms with Crippen molar-refractivity contribution >= 4 is 39.7 Å². The SMILES string of the molecule is CC(C)(C)C(=O)[C@H](C(=S)Nc1ccccc1)n1nnc2ccccc21. The molecule has 0 unspecified atom stereocenters. The molecule has 0 spiro atoms. The first kappa shape index (κ1) is 17.2. The van der Waals surface area contributed by atoms with E-state index in [4.69, 9.17) is 12.2 Å². The van der Waals surface area contributed by atoms with Crippen LogP contribution in [0.4, 0.5) is 5.69 Å². The summed E-state index contributed by atoms with van der Waals surface area (Å²) >= 11 is 5.59. The maximum Gasteiger partial charge on any atom is 0.169 e. The third kappa shape index (κ3) is 3.58. The van der Waals surface area contributed by atoms with Crippen LogP contribution >= 0.6 is 12.2 Å². The normalized spacial score (nSPS) is 12.8. The number of para-hydroxylation sites is 2. The second-order valence-corrected chi connectivity index (χ2v) is 7.33. The molecule has 0 fully saturated rings. The number of anilines is 1. The molecule has 0 amide bonds. The highest BCUT2D eigenvalue weighted by Gasteiger charge is 2.35. The lowest BCUT2D eigenvalue weighted by Crippen LogP contribution is -2.38. The Bertz CT molecular complexity index is 912. The van der Waals surface area contributed by atoms with Gasteiger partial charge in [-0.25, -0.2) is 4.68 Å². The van der Waals surface area contributed by atoms with Crippen molar-refractivity contribution in [3.05, 3.63) is 54.6 Å². The molecule has 0 aliphatic heterocycles. The summed E-state index contributed by atoms with van der Waals surface area (Å²) in [5.74, 6) is -0.0171. The minimum atomic E-state index is -0.720. The molecule has 2 aromatic carbocycles. The van der Waals surface area contributed by atoms with Gasteiger partial charge < -0.3 is 5.32 Å². The van der Waals surface area contributed by atoms with Crippen LogP contribution in [0.3, 0.4) is 0 Å². The van der Waals surface area contributed by atoms with Crippen molar-refractivity contribution in [3.8, 4) is 0 Å². The fourth-order valence-electron chi connectivity index (χ4n) is 2.56. The van der Waals surface area contributed by atoms with Crippen LogP contribution in [0.25, 0.3) is 11.0 Å². The molecule has 6 heteroatoms. The van der Waals surface area contributed by atoms with Crippen molar-refractivity contribution in [3.63, 3.8) is 0 Å². The summed E-state index contributed by atoms with van der Waals surface area (Å²) in [6, 6.07) is 16.4. The van der Waals surface area contributed by atoms with Crippen LogP contribution in [0.15, 0.2) is 54.6 Å². The van der Waals surface area contributed by atoms with E-state index in [0.717, 1.165) is 16.7 Å². The molecule has 1 N–H and O–H groups in total. The third-order valence-corrected chi connectivity index (χ3v) is 4.22. The van der Waals surface area contributed by atoms with E-state index in [1.54, 1.807) is 4.68 Å². The van der Waals surface area contributed by atoms with Crippen LogP contribution in [-0.2, 0) is 4.79 Å². The predicted molar refractivity (Wildman–Crippen MR) is 104 cm³/mol. The summed E-state index contributed by atoms with van der Waals surface area (Å²) < 4.78 is 1.61. The molecule has 0 saturated carbocycles. The molecule has 128 valence electrons. The van der Waals surface area contributed by atoms with Crippen LogP contribution in [0.5, 0.6) is 0 Å². The van der Waals surface area contributed by atoms with Crippen molar-refractivity contribution in [1.29, 1.82) is 0 Å². The zero-order valence-electron chi connectivity index (χ0n) is 14.4. The maximum atomic E-state index is 13.1. The molecule has 0 aliphatic rings. The molecule has 0 aliphatic carbocycles. The number of aromatic nitrogens is 3. The lowest BCUT2D eigenvalue weighted by atomic mass is 9.86. The van der Waals surface area contributed by atoms with E-state index in [-0.39, 0.29) is 5.78 Å². The number of Topliss-reactive ketones (excluding diaryl/α,β-unsaturated/α-hetero) is 1. The molecule has 1 aromatic heterocycles. The highest BCUT2D eigenvalue weighted by atomic mass is 32.1. The number of carbonyl (C=O) groups excluding carboxylic acids is 1. The summed E-state index contributed by atoms with van der Waals surface area (Å²) in [7, 11) is 0. The molecule has 0 saturated heterocycles. The lowest BCUT2D eigenvalue weighted by Gasteiger charge is -2.26. The lowest BCUT2D eigenvalue weighted by molar-refractivity contribution is -0.127. The standard InChI is InChI=1S/C19H20N4OS/c1-19(2,3)17(24)16(18(25)20-13-9-5-4-6-10-13)23-15-12-8-7-11-14(15)21-22-23/h4-12,16H,1-3H3,(H,20,25)/t16-/m1/s1. The van der Waals surface area contributed by atoms with Crippen LogP contribution < -0.4 is 5.32 Å². The molecule has 0 radical (unpaired) electrons. The van der Waals surface area contributed by atoms with Gasteiger partial charge in [-0.3, -0.25) is 4.79 Å². The second-order valence-electron chi connectivity index (χ2n) is 6.89. The number of fused-ring (bicyclic) bond motifs is 1. The Hall–Kier alpha value is -2.60. The van der Waals surface area contributed by atoms with E-state index in [1.807, 2.05) is 75.4 Å². The minimum Gasteiger partial charge on any atom is -0.348 e. The van der Waals surface area contributed by atoms with Gasteiger partial charge in [0.1, 0.15) is 10.5 Å². The summed E-state index contributed by atoms with van der Waals surface area (Å²) in [6.45, 7) is 5.64. The van der Waals surface area contributed by atoms with Gasteiger partial charge >= 0.3 is 0 Å². The number of hydrogen-bond acceptors (Lipinski definition) is 4. The summed E-state index contributed by atoms with van der Waals surface area (Å²) in [5, 5.41) is 11.5. The number of hydrogen-bond donors (Lipinski definition) is 1. The Morgan fingerprint density at radius 1 is 1.08 bits per heavy atom. The van der Waals surface area contributed by atoms with E-state index in [2.05, 4.69) is 15.6 Å². The zero-order valence-corrected chi connectivity index (χ0v) is 15.2. The fraction of sp³-hybridized carbons (Fsp3) is 0.263. The molecule has 5 nitrogen and oxygen atoms in total. The number of ketones is 1. The van der Waals surface area contributed by atoms with E-state index < -0.39 is 11.5 Å². The molecule has 25 heavy (non-hydrogen) atoms. The summed E-state index contributed by atoms with van der Waals surface area (Å²) in [5.41, 5.74) is 1.78. The van der Waals surface area contributed by atoms with Crippen molar-refractivity contribution in [2.45, 2.75) is 26.8 Å². The third-order valence-electron chi connectivity index (χ3n) is 3.90. The molecular weight excluding hydrogens is 332 g/mol. The largest absolute Gasteiger partial charge is 0.348 e. The number of benzene rings is 2. The Morgan fingerprint density at radius 2 is 1.72 bits per heavy atom. The van der Waals surface area contributed by atoms with Gasteiger partial charge in [0.25, 0.3) is 0 Å². The number of carbonyl (C=O) groups is 1. The van der Waals surface area contributed by atoms with Crippen LogP contribution in [0, 0.1) is 5.41 Å². The second kappa shape index (κ2) is 6.72. The van der Waals surface area contributed by atoms with Crippen molar-refractivity contribution < 1.29 is 4.79 Å². The van der Waals surface area contributed by atoms with Gasteiger partial charge in [0, 0.05) is 11.1 Å². The van der Waals surface area contributed by atoms with Crippen molar-refractivity contribution in [2.24, 2.45) is 5.41 Å². The average Bonchev–Trinajstić information content (AvgIpc) is 2.99. The van der Waals surface area contributed by atoms with E-state index >= 15 is 0 Å². The van der Waals surface area contributed by atoms with Crippen LogP contribution in [0.1, 0.15) is 26.8 Å². The highest BCUT2D eigenvalue weighted by Crippen LogP contribution is 2.27. The first-order chi connectivity index (χ1) is 11.9. The molecule has 3 rings (SSSR count). The number of thiocarbonyl (C=S) groups is 1. The molecule has 0 bridgehead atoms. The van der Waals surface area contributed by atoms with E-state index in [0.29, 0.717) is 4.99 Å². The fourth-order valence-corrected chi connectivity index (χ4v) is 2.89. The average molecular weight is 352 g/mol. The van der Waals surface area contributed by atoms with Gasteiger partial charge in [-0.2, -0.15) is 0 Å². The van der Waals surface area contributed by atoms with Gasteiger partial charge in [-0.05, 0) is 24.3 Å². The smallest absolute Gasteiger partial charge is 0.169 e. The quantitative estimate of drug-likeness (QED) is 0.719. The maximum absolute atomic E-state index is 13.1. The number of nitrogens with zero attached hydrogens (tertiary/aromatic N) is 3. The van der Waals surface area contributed by atoms with Crippen molar-refractivity contribution in [2.75, 3.05) is 5.32 Å².